The van der Waals surface area contributed by atoms with Gasteiger partial charge < -0.3 is 19.1 Å². The van der Waals surface area contributed by atoms with Gasteiger partial charge in [0.1, 0.15) is 66.1 Å². The van der Waals surface area contributed by atoms with Crippen molar-refractivity contribution < 1.29 is 4.42 Å². The smallest absolute Gasteiger partial charge is 0.252 e. The molecule has 0 aliphatic carbocycles. The van der Waals surface area contributed by atoms with Gasteiger partial charge in [-0.3, -0.25) is 0 Å². The number of hydrogen-bond acceptors (Lipinski definition) is 4. The Morgan fingerprint density at radius 3 is 1.78 bits per heavy atom. The molecule has 0 fully saturated rings. The zero-order valence-corrected chi connectivity index (χ0v) is 47.0. The summed E-state index contributed by atoms with van der Waals surface area (Å²) in [6.45, 7) is 20.9. The Labute approximate surface area is 480 Å². The van der Waals surface area contributed by atoms with E-state index in [0.29, 0.717) is 22.1 Å². The molecule has 0 spiro atoms. The van der Waals surface area contributed by atoms with E-state index < -0.39 is 0 Å². The predicted molar refractivity (Wildman–Crippen MR) is 351 cm³/mol. The third-order valence-electron chi connectivity index (χ3n) is 15.5. The van der Waals surface area contributed by atoms with Crippen molar-refractivity contribution in [1.29, 1.82) is 0 Å². The fourth-order valence-electron chi connectivity index (χ4n) is 11.4. The maximum absolute atomic E-state index is 7.07. The largest absolute Gasteiger partial charge is 0.456 e. The lowest BCUT2D eigenvalue weighted by Crippen LogP contribution is -2.61. The third-order valence-corrected chi connectivity index (χ3v) is 15.5. The lowest BCUT2D eigenvalue weighted by Gasteiger charge is -2.45. The molecule has 4 nitrogen and oxygen atoms in total. The van der Waals surface area contributed by atoms with E-state index >= 15 is 0 Å². The molecule has 0 atom stereocenters. The number of fused-ring (bicyclic) bond motifs is 7. The van der Waals surface area contributed by atoms with Gasteiger partial charge in [-0.1, -0.05) is 139 Å². The number of nitrogens with zero attached hydrogens (tertiary/aromatic N) is 3. The molecule has 0 saturated carbocycles. The summed E-state index contributed by atoms with van der Waals surface area (Å²) in [4.78, 5) is 7.04. The van der Waals surface area contributed by atoms with E-state index in [0.717, 1.165) is 78.3 Å². The molecule has 367 valence electrons. The number of furan rings is 1. The van der Waals surface area contributed by atoms with Crippen LogP contribution in [-0.2, 0) is 10.8 Å². The monoisotopic (exact) mass is 1000 g/mol. The van der Waals surface area contributed by atoms with Crippen molar-refractivity contribution in [1.82, 2.24) is 0 Å². The van der Waals surface area contributed by atoms with Crippen LogP contribution in [-0.4, -0.2) is 82.8 Å². The normalized spacial score (nSPS) is 13.4. The van der Waals surface area contributed by atoms with E-state index in [1.165, 1.54) is 28.9 Å². The van der Waals surface area contributed by atoms with Crippen molar-refractivity contribution in [3.8, 4) is 11.1 Å². The van der Waals surface area contributed by atoms with E-state index in [1.54, 1.807) is 20.2 Å². The first kappa shape index (κ1) is 55.4. The summed E-state index contributed by atoms with van der Waals surface area (Å²) in [5.74, 6) is 1.67. The number of rotatable bonds is 9. The Morgan fingerprint density at radius 2 is 1.15 bits per heavy atom. The number of allylic oxidation sites excluding steroid dienone is 3. The minimum atomic E-state index is -0.151. The van der Waals surface area contributed by atoms with E-state index in [4.69, 9.17) is 59.3 Å². The SMILES string of the molecule is [B]/C(C)=C([B])/C([B])=C/[B]c1c([B])c([B])c([B])c([B])c1N(c1ccc2c(c1)N(c1ccc(C(C)(C)C)cc1)c1cccc3c1B2c1cc(C(C)(C)C)ccc1N3c1ccc(-c2ccc3c(c2)oc2ccccc23)cc1)C(C)C.[B]C. The summed E-state index contributed by atoms with van der Waals surface area (Å²) in [7, 11) is 52.3. The van der Waals surface area contributed by atoms with Crippen LogP contribution in [0, 0.1) is 0 Å². The second kappa shape index (κ2) is 21.3. The van der Waals surface area contributed by atoms with E-state index in [-0.39, 0.29) is 50.9 Å². The number of benzene rings is 8. The summed E-state index contributed by atoms with van der Waals surface area (Å²) in [5, 5.41) is 2.23. The molecule has 9 aromatic rings. The summed E-state index contributed by atoms with van der Waals surface area (Å²) in [6, 6.07) is 53.0. The van der Waals surface area contributed by atoms with Gasteiger partial charge >= 0.3 is 0 Å². The van der Waals surface area contributed by atoms with Gasteiger partial charge in [0.25, 0.3) is 6.71 Å². The molecule has 0 bridgehead atoms. The predicted octanol–water partition coefficient (Wildman–Crippen LogP) is 8.76. The van der Waals surface area contributed by atoms with Crippen molar-refractivity contribution in [3.63, 3.8) is 0 Å². The highest BCUT2D eigenvalue weighted by Gasteiger charge is 2.44. The highest BCUT2D eigenvalue weighted by Crippen LogP contribution is 2.46. The maximum atomic E-state index is 7.07. The summed E-state index contributed by atoms with van der Waals surface area (Å²) in [5.41, 5.74) is 20.2. The molecule has 0 unspecified atom stereocenters. The first-order valence-corrected chi connectivity index (χ1v) is 26.9. The summed E-state index contributed by atoms with van der Waals surface area (Å²) in [6.07, 6.45) is 0. The fraction of sp³-hybridized carbons (Fsp3) is 0.200. The van der Waals surface area contributed by atoms with Gasteiger partial charge in [-0.2, -0.15) is 0 Å². The standard InChI is InChI=1S/C64H53B9N3O.CH3B/c1-35(2)74(62-59(71)57(69)56(68)58(70)60(62)72-34-46(66)55(67)36(3)65)43-27-29-47-52(33-43)76(42-25-20-39(21-26-42)63(4,5)6)51-15-12-14-50-61(51)73(47)48-32-40(64(7,8)9)22-30-49(48)75(50)41-23-17-37(18-24-41)38-19-28-45-44-13-10-11-16-53(44)77-54(45)31-38;1-2/h10-35H,1-9H3;1H3/b46-34-,55-36-;. The number of para-hydroxylation sites is 1. The quantitative estimate of drug-likeness (QED) is 0.107. The Kier molecular flexibility index (Phi) is 14.9. The van der Waals surface area contributed by atoms with Crippen LogP contribution in [0.1, 0.15) is 73.4 Å². The summed E-state index contributed by atoms with van der Waals surface area (Å²) < 4.78 is 6.32. The van der Waals surface area contributed by atoms with Gasteiger partial charge in [0.2, 0.25) is 0 Å². The minimum Gasteiger partial charge on any atom is -0.456 e. The van der Waals surface area contributed by atoms with Crippen LogP contribution in [0.2, 0.25) is 6.82 Å². The second-order valence-electron chi connectivity index (χ2n) is 23.0. The van der Waals surface area contributed by atoms with Crippen LogP contribution in [0.15, 0.2) is 172 Å². The fourth-order valence-corrected chi connectivity index (χ4v) is 11.4. The van der Waals surface area contributed by atoms with E-state index in [1.807, 2.05) is 12.1 Å². The molecule has 11 rings (SSSR count). The van der Waals surface area contributed by atoms with Crippen molar-refractivity contribution in [3.05, 3.63) is 179 Å². The molecule has 0 N–H and O–H groups in total. The average Bonchev–Trinajstić information content (AvgIpc) is 3.68. The highest BCUT2D eigenvalue weighted by molar-refractivity contribution is 7.00. The van der Waals surface area contributed by atoms with Gasteiger partial charge in [-0.15, -0.1) is 38.8 Å². The van der Waals surface area contributed by atoms with Gasteiger partial charge in [0.05, 0.1) is 7.85 Å². The van der Waals surface area contributed by atoms with Crippen molar-refractivity contribution in [2.45, 2.75) is 86.0 Å². The first-order chi connectivity index (χ1) is 37.6. The van der Waals surface area contributed by atoms with E-state index in [2.05, 4.69) is 211 Å². The van der Waals surface area contributed by atoms with Crippen LogP contribution in [0.4, 0.5) is 45.5 Å². The Hall–Kier alpha value is -6.91. The molecule has 2 aliphatic rings. The number of hydrogen-bond donors (Lipinski definition) is 0. The maximum Gasteiger partial charge on any atom is 0.252 e. The van der Waals surface area contributed by atoms with Crippen LogP contribution in [0.25, 0.3) is 33.1 Å². The van der Waals surface area contributed by atoms with Crippen LogP contribution < -0.4 is 58.4 Å². The van der Waals surface area contributed by atoms with Gasteiger partial charge in [0, 0.05) is 62.3 Å². The molecule has 8 aromatic carbocycles. The molecule has 14 heteroatoms. The molecule has 17 radical (unpaired) electrons. The minimum absolute atomic E-state index is 0.0482. The molecule has 3 heterocycles. The topological polar surface area (TPSA) is 22.9 Å². The molecule has 0 saturated heterocycles. The van der Waals surface area contributed by atoms with Crippen LogP contribution >= 0.6 is 0 Å². The molecular formula is C65H56B10N3O. The lowest BCUT2D eigenvalue weighted by atomic mass is 9.33. The zero-order chi connectivity index (χ0) is 56.6. The first-order valence-electron chi connectivity index (χ1n) is 26.9. The van der Waals surface area contributed by atoms with Crippen molar-refractivity contribution in [2.75, 3.05) is 14.7 Å². The van der Waals surface area contributed by atoms with Crippen molar-refractivity contribution in [2.24, 2.45) is 0 Å². The Bertz CT molecular complexity index is 3900. The zero-order valence-electron chi connectivity index (χ0n) is 47.0. The molecular weight excluding hydrogens is 947 g/mol. The summed E-state index contributed by atoms with van der Waals surface area (Å²) >= 11 is 0. The van der Waals surface area contributed by atoms with Crippen LogP contribution in [0.5, 0.6) is 0 Å². The molecule has 0 amide bonds. The second-order valence-corrected chi connectivity index (χ2v) is 23.0. The molecule has 2 aliphatic heterocycles. The Morgan fingerprint density at radius 1 is 0.570 bits per heavy atom. The van der Waals surface area contributed by atoms with Gasteiger partial charge in [-0.25, -0.2) is 0 Å². The lowest BCUT2D eigenvalue weighted by molar-refractivity contribution is 0.590. The van der Waals surface area contributed by atoms with Crippen LogP contribution in [0.3, 0.4) is 0 Å². The van der Waals surface area contributed by atoms with E-state index in [9.17, 15) is 0 Å². The third kappa shape index (κ3) is 9.80. The molecule has 1 aromatic heterocycles. The molecule has 79 heavy (non-hydrogen) atoms. The Balaban J connectivity index is 0.00000348. The average molecular weight is 1000 g/mol. The van der Waals surface area contributed by atoms with Crippen molar-refractivity contribution >= 4 is 188 Å². The number of anilines is 8. The van der Waals surface area contributed by atoms with Gasteiger partial charge in [0.15, 0.2) is 7.28 Å². The van der Waals surface area contributed by atoms with Gasteiger partial charge in [-0.05, 0) is 136 Å². The highest BCUT2D eigenvalue weighted by atomic mass is 16.3.